The van der Waals surface area contributed by atoms with E-state index in [1.165, 1.54) is 18.1 Å². The number of fused-ring (bicyclic) bond motifs is 2. The van der Waals surface area contributed by atoms with Crippen molar-refractivity contribution in [3.05, 3.63) is 77.1 Å². The molecule has 0 fully saturated rings. The largest absolute Gasteiger partial charge is 0.394 e. The van der Waals surface area contributed by atoms with E-state index < -0.39 is 12.7 Å². The van der Waals surface area contributed by atoms with Gasteiger partial charge >= 0.3 is 0 Å². The number of anilines is 1. The number of aliphatic hydroxyl groups is 2. The number of hydrogen-bond acceptors (Lipinski definition) is 9. The van der Waals surface area contributed by atoms with Crippen LogP contribution in [-0.4, -0.2) is 52.0 Å². The summed E-state index contributed by atoms with van der Waals surface area (Å²) in [6, 6.07) is 16.6. The predicted molar refractivity (Wildman–Crippen MR) is 130 cm³/mol. The van der Waals surface area contributed by atoms with Gasteiger partial charge in [-0.15, -0.1) is 0 Å². The molecule has 0 saturated heterocycles. The van der Waals surface area contributed by atoms with Crippen LogP contribution in [0.2, 0.25) is 0 Å². The van der Waals surface area contributed by atoms with E-state index in [0.717, 1.165) is 0 Å². The van der Waals surface area contributed by atoms with E-state index in [-0.39, 0.29) is 17.9 Å². The van der Waals surface area contributed by atoms with Crippen molar-refractivity contribution in [3.63, 3.8) is 0 Å². The number of hydrogen-bond donors (Lipinski definition) is 3. The Hall–Kier alpha value is -3.80. The van der Waals surface area contributed by atoms with Crippen molar-refractivity contribution in [2.45, 2.75) is 23.6 Å². The number of aliphatic hydroxyl groups excluding tert-OH is 2. The molecule has 11 heteroatoms. The topological polar surface area (TPSA) is 145 Å². The number of para-hydroxylation sites is 2. The fourth-order valence-corrected chi connectivity index (χ4v) is 4.65. The average Bonchev–Trinajstić information content (AvgIpc) is 3.21. The molecular formula is C23H21N7O3S. The quantitative estimate of drug-likeness (QED) is 0.300. The van der Waals surface area contributed by atoms with Crippen LogP contribution < -0.4 is 11.3 Å². The first-order chi connectivity index (χ1) is 16.6. The Morgan fingerprint density at radius 2 is 1.79 bits per heavy atom. The Balaban J connectivity index is 1.60. The summed E-state index contributed by atoms with van der Waals surface area (Å²) >= 11 is 1.33. The lowest BCUT2D eigenvalue weighted by Gasteiger charge is -2.14. The molecule has 0 bridgehead atoms. The van der Waals surface area contributed by atoms with Gasteiger partial charge in [-0.2, -0.15) is 0 Å². The Bertz CT molecular complexity index is 1530. The number of imidazole rings is 1. The van der Waals surface area contributed by atoms with E-state index in [4.69, 9.17) is 10.7 Å². The van der Waals surface area contributed by atoms with Gasteiger partial charge in [0.15, 0.2) is 22.1 Å². The molecule has 5 aromatic rings. The summed E-state index contributed by atoms with van der Waals surface area (Å²) in [7, 11) is 0. The van der Waals surface area contributed by atoms with Crippen molar-refractivity contribution in [2.75, 3.05) is 12.3 Å². The molecule has 0 spiro atoms. The molecule has 2 aromatic carbocycles. The molecule has 1 unspecified atom stereocenters. The fraction of sp³-hybridized carbons (Fsp3) is 0.174. The van der Waals surface area contributed by atoms with Gasteiger partial charge in [-0.05, 0) is 24.3 Å². The Morgan fingerprint density at radius 1 is 1.03 bits per heavy atom. The van der Waals surface area contributed by atoms with Gasteiger partial charge in [-0.3, -0.25) is 9.36 Å². The van der Waals surface area contributed by atoms with E-state index in [2.05, 4.69) is 15.0 Å². The lowest BCUT2D eigenvalue weighted by molar-refractivity contribution is 0.0801. The number of nitrogens with two attached hydrogens (primary N) is 1. The monoisotopic (exact) mass is 475 g/mol. The van der Waals surface area contributed by atoms with Gasteiger partial charge in [0.2, 0.25) is 0 Å². The molecule has 34 heavy (non-hydrogen) atoms. The van der Waals surface area contributed by atoms with Crippen molar-refractivity contribution in [1.82, 2.24) is 29.1 Å². The molecule has 3 aromatic heterocycles. The van der Waals surface area contributed by atoms with Crippen LogP contribution in [0.1, 0.15) is 5.82 Å². The zero-order valence-corrected chi connectivity index (χ0v) is 18.8. The zero-order valence-electron chi connectivity index (χ0n) is 17.9. The summed E-state index contributed by atoms with van der Waals surface area (Å²) in [4.78, 5) is 31.0. The molecule has 0 aliphatic heterocycles. The minimum Gasteiger partial charge on any atom is -0.394 e. The lowest BCUT2D eigenvalue weighted by Crippen LogP contribution is -2.23. The first kappa shape index (κ1) is 22.0. The van der Waals surface area contributed by atoms with Gasteiger partial charge in [0.05, 0.1) is 41.6 Å². The summed E-state index contributed by atoms with van der Waals surface area (Å²) in [5.74, 6) is 1.07. The van der Waals surface area contributed by atoms with Crippen molar-refractivity contribution in [3.8, 4) is 5.69 Å². The van der Waals surface area contributed by atoms with Crippen LogP contribution in [0.4, 0.5) is 5.82 Å². The van der Waals surface area contributed by atoms with Crippen LogP contribution in [0.3, 0.4) is 0 Å². The van der Waals surface area contributed by atoms with E-state index >= 15 is 0 Å². The highest BCUT2D eigenvalue weighted by Gasteiger charge is 2.19. The third-order valence-corrected chi connectivity index (χ3v) is 6.29. The summed E-state index contributed by atoms with van der Waals surface area (Å²) in [6.07, 6.45) is 0.322. The molecule has 5 rings (SSSR count). The molecule has 10 nitrogen and oxygen atoms in total. The highest BCUT2D eigenvalue weighted by atomic mass is 32.2. The summed E-state index contributed by atoms with van der Waals surface area (Å²) < 4.78 is 3.28. The average molecular weight is 476 g/mol. The third-order valence-electron chi connectivity index (χ3n) is 5.32. The molecule has 4 N–H and O–H groups in total. The van der Waals surface area contributed by atoms with Crippen LogP contribution in [0.25, 0.3) is 27.8 Å². The van der Waals surface area contributed by atoms with Gasteiger partial charge in [-0.1, -0.05) is 42.1 Å². The highest BCUT2D eigenvalue weighted by molar-refractivity contribution is 7.98. The van der Waals surface area contributed by atoms with Crippen LogP contribution in [0.5, 0.6) is 0 Å². The Morgan fingerprint density at radius 3 is 2.59 bits per heavy atom. The van der Waals surface area contributed by atoms with Gasteiger partial charge in [0.1, 0.15) is 12.2 Å². The number of nitrogen functional groups attached to an aromatic ring is 1. The number of thioether (sulfide) groups is 1. The third kappa shape index (κ3) is 4.00. The minimum atomic E-state index is -1.01. The maximum Gasteiger partial charge on any atom is 0.265 e. The van der Waals surface area contributed by atoms with E-state index in [1.807, 2.05) is 48.5 Å². The summed E-state index contributed by atoms with van der Waals surface area (Å²) in [5, 5.41) is 20.5. The molecule has 0 aliphatic carbocycles. The predicted octanol–water partition coefficient (Wildman–Crippen LogP) is 1.75. The normalized spacial score (nSPS) is 12.4. The van der Waals surface area contributed by atoms with Crippen LogP contribution >= 0.6 is 11.8 Å². The second kappa shape index (κ2) is 9.21. The minimum absolute atomic E-state index is 0.0719. The zero-order chi connectivity index (χ0) is 23.7. The number of benzene rings is 2. The molecule has 1 atom stereocenters. The number of rotatable bonds is 7. The van der Waals surface area contributed by atoms with Gasteiger partial charge in [0.25, 0.3) is 5.56 Å². The van der Waals surface area contributed by atoms with E-state index in [0.29, 0.717) is 44.5 Å². The molecule has 0 amide bonds. The SMILES string of the molecule is Nc1ncnc2c1nc(SCc1nc3ccccc3c(=O)n1-c1ccccc1)n2CC(O)CO. The maximum atomic E-state index is 13.4. The van der Waals surface area contributed by atoms with Gasteiger partial charge in [-0.25, -0.2) is 19.9 Å². The fourth-order valence-electron chi connectivity index (χ4n) is 3.73. The van der Waals surface area contributed by atoms with Crippen molar-refractivity contribution < 1.29 is 10.2 Å². The second-order valence-corrected chi connectivity index (χ2v) is 8.52. The van der Waals surface area contributed by atoms with Crippen molar-refractivity contribution in [2.24, 2.45) is 0 Å². The molecule has 0 aliphatic rings. The molecular weight excluding hydrogens is 454 g/mol. The second-order valence-electron chi connectivity index (χ2n) is 7.58. The lowest BCUT2D eigenvalue weighted by atomic mass is 10.2. The van der Waals surface area contributed by atoms with Crippen molar-refractivity contribution >= 4 is 39.6 Å². The number of nitrogens with zero attached hydrogens (tertiary/aromatic N) is 6. The molecule has 0 saturated carbocycles. The maximum absolute atomic E-state index is 13.4. The van der Waals surface area contributed by atoms with Crippen LogP contribution in [0.15, 0.2) is 70.9 Å². The summed E-state index contributed by atoms with van der Waals surface area (Å²) in [6.45, 7) is -0.341. The molecule has 172 valence electrons. The Labute approximate surface area is 197 Å². The van der Waals surface area contributed by atoms with E-state index in [9.17, 15) is 15.0 Å². The Kier molecular flexibility index (Phi) is 5.97. The standard InChI is InChI=1S/C23H21N7O3S/c24-20-19-21(26-13-25-20)29(10-15(32)11-31)23(28-19)34-12-18-27-17-9-5-4-8-16(17)22(33)30(18)14-6-2-1-3-7-14/h1-9,13,15,31-32H,10-12H2,(H2,24,25,26). The first-order valence-electron chi connectivity index (χ1n) is 10.5. The molecule has 0 radical (unpaired) electrons. The number of aromatic nitrogens is 6. The summed E-state index contributed by atoms with van der Waals surface area (Å²) in [5.41, 5.74) is 8.00. The van der Waals surface area contributed by atoms with Gasteiger partial charge in [0, 0.05) is 0 Å². The highest BCUT2D eigenvalue weighted by Crippen LogP contribution is 2.28. The van der Waals surface area contributed by atoms with Gasteiger partial charge < -0.3 is 20.5 Å². The van der Waals surface area contributed by atoms with Crippen LogP contribution in [0, 0.1) is 0 Å². The first-order valence-corrected chi connectivity index (χ1v) is 11.5. The smallest absolute Gasteiger partial charge is 0.265 e. The molecule has 3 heterocycles. The van der Waals surface area contributed by atoms with Crippen molar-refractivity contribution in [1.29, 1.82) is 0 Å². The van der Waals surface area contributed by atoms with Crippen LogP contribution in [-0.2, 0) is 12.3 Å². The van der Waals surface area contributed by atoms with E-state index in [1.54, 1.807) is 15.2 Å².